The predicted octanol–water partition coefficient (Wildman–Crippen LogP) is 1.53. The summed E-state index contributed by atoms with van der Waals surface area (Å²) in [5, 5.41) is 47.9. The van der Waals surface area contributed by atoms with Crippen molar-refractivity contribution in [2.45, 2.75) is 24.5 Å². The highest BCUT2D eigenvalue weighted by Gasteiger charge is 2.64. The zero-order valence-electron chi connectivity index (χ0n) is 26.8. The van der Waals surface area contributed by atoms with E-state index in [1.54, 1.807) is 50.3 Å². The molecule has 12 heteroatoms. The highest BCUT2D eigenvalue weighted by atomic mass is 16.3. The number of fused-ring (bicyclic) bond motifs is 3. The van der Waals surface area contributed by atoms with Gasteiger partial charge >= 0.3 is 0 Å². The summed E-state index contributed by atoms with van der Waals surface area (Å²) < 4.78 is 0. The minimum absolute atomic E-state index is 0.00465. The molecule has 46 heavy (non-hydrogen) atoms. The third kappa shape index (κ3) is 5.06. The lowest BCUT2D eigenvalue weighted by atomic mass is 9.57. The van der Waals surface area contributed by atoms with Crippen molar-refractivity contribution in [2.75, 3.05) is 55.4 Å². The van der Waals surface area contributed by atoms with Gasteiger partial charge in [0.05, 0.1) is 11.6 Å². The molecule has 5 N–H and O–H groups in total. The molecule has 2 aromatic carbocycles. The van der Waals surface area contributed by atoms with Gasteiger partial charge in [-0.15, -0.1) is 0 Å². The molecule has 3 aliphatic carbocycles. The van der Waals surface area contributed by atoms with E-state index in [-0.39, 0.29) is 35.6 Å². The predicted molar refractivity (Wildman–Crippen MR) is 170 cm³/mol. The van der Waals surface area contributed by atoms with Gasteiger partial charge in [0.2, 0.25) is 5.78 Å². The third-order valence-corrected chi connectivity index (χ3v) is 9.46. The summed E-state index contributed by atoms with van der Waals surface area (Å²) in [7, 11) is 10.0. The Labute approximate surface area is 267 Å². The zero-order valence-corrected chi connectivity index (χ0v) is 26.8. The Bertz CT molecular complexity index is 1710. The van der Waals surface area contributed by atoms with Gasteiger partial charge in [-0.3, -0.25) is 24.1 Å². The van der Waals surface area contributed by atoms with Crippen LogP contribution in [0.4, 0.5) is 0 Å². The molecule has 4 atom stereocenters. The number of rotatable bonds is 7. The van der Waals surface area contributed by atoms with Crippen molar-refractivity contribution in [2.24, 2.45) is 11.8 Å². The maximum atomic E-state index is 14.2. The Morgan fingerprint density at radius 1 is 1.00 bits per heavy atom. The minimum Gasteiger partial charge on any atom is -0.508 e. The number of aromatic hydroxyl groups is 1. The number of Topliss-reactive ketones (excluding diaryl/α,β-unsaturated/α-hetero) is 2. The molecule has 2 aromatic rings. The van der Waals surface area contributed by atoms with Gasteiger partial charge in [0.1, 0.15) is 22.8 Å². The molecule has 0 aliphatic heterocycles. The lowest BCUT2D eigenvalue weighted by Gasteiger charge is -2.50. The van der Waals surface area contributed by atoms with Gasteiger partial charge < -0.3 is 35.5 Å². The van der Waals surface area contributed by atoms with Crippen LogP contribution in [-0.4, -0.2) is 126 Å². The third-order valence-electron chi connectivity index (χ3n) is 9.46. The first-order valence-electron chi connectivity index (χ1n) is 15.1. The van der Waals surface area contributed by atoms with Crippen molar-refractivity contribution in [3.8, 4) is 16.9 Å². The van der Waals surface area contributed by atoms with Crippen molar-refractivity contribution < 1.29 is 39.6 Å². The van der Waals surface area contributed by atoms with Crippen molar-refractivity contribution in [1.29, 1.82) is 0 Å². The van der Waals surface area contributed by atoms with Crippen LogP contribution in [0.15, 0.2) is 53.3 Å². The normalized spacial score (nSPS) is 24.2. The lowest BCUT2D eigenvalue weighted by molar-refractivity contribution is -0.153. The van der Waals surface area contributed by atoms with E-state index >= 15 is 0 Å². The van der Waals surface area contributed by atoms with E-state index in [4.69, 9.17) is 0 Å². The van der Waals surface area contributed by atoms with Crippen LogP contribution in [0.25, 0.3) is 16.9 Å². The Morgan fingerprint density at radius 2 is 1.70 bits per heavy atom. The van der Waals surface area contributed by atoms with Gasteiger partial charge in [-0.2, -0.15) is 0 Å². The van der Waals surface area contributed by atoms with Crippen LogP contribution < -0.4 is 5.32 Å². The number of phenols is 1. The number of hydrogen-bond acceptors (Lipinski definition) is 10. The molecule has 0 saturated heterocycles. The summed E-state index contributed by atoms with van der Waals surface area (Å²) in [5.41, 5.74) is -1.29. The van der Waals surface area contributed by atoms with Crippen molar-refractivity contribution >= 4 is 29.1 Å². The molecule has 12 nitrogen and oxygen atoms in total. The minimum atomic E-state index is -2.66. The first-order chi connectivity index (χ1) is 21.6. The molecule has 1 fully saturated rings. The molecule has 1 saturated carbocycles. The smallest absolute Gasteiger partial charge is 0.258 e. The molecule has 0 radical (unpaired) electrons. The van der Waals surface area contributed by atoms with E-state index in [9.17, 15) is 39.6 Å². The standard InChI is InChI=1S/C34H40N4O8/c1-35-32(44)26-29(41)27(37(4)5)22-16-19-15-21-20(17-8-7-9-18(14-17)33(45)38(6)13-12-36(2)3)10-11-23(39)25(21)28(40)24(19)30(42)34(22,46)31(26)43/h7-11,14,19,22,27,39-40,43,46H,12-13,15-16H2,1-6H3,(H,35,44)/t19?,22-,27-,34-/m0/s1. The molecule has 0 spiro atoms. The topological polar surface area (TPSA) is 171 Å². The maximum Gasteiger partial charge on any atom is 0.258 e. The van der Waals surface area contributed by atoms with E-state index in [2.05, 4.69) is 5.32 Å². The first kappa shape index (κ1) is 32.9. The van der Waals surface area contributed by atoms with Crippen LogP contribution in [0.3, 0.4) is 0 Å². The number of nitrogens with one attached hydrogen (secondary N) is 1. The van der Waals surface area contributed by atoms with Crippen molar-refractivity contribution in [3.63, 3.8) is 0 Å². The molecular formula is C34H40N4O8. The molecule has 1 unspecified atom stereocenters. The first-order valence-corrected chi connectivity index (χ1v) is 15.1. The second-order valence-corrected chi connectivity index (χ2v) is 12.8. The van der Waals surface area contributed by atoms with Gasteiger partial charge in [0.15, 0.2) is 11.4 Å². The van der Waals surface area contributed by atoms with Crippen molar-refractivity contribution in [3.05, 3.63) is 70.0 Å². The number of carbonyl (C=O) groups excluding carboxylic acids is 4. The van der Waals surface area contributed by atoms with E-state index in [0.29, 0.717) is 35.3 Å². The van der Waals surface area contributed by atoms with Gasteiger partial charge in [-0.25, -0.2) is 0 Å². The van der Waals surface area contributed by atoms with Crippen LogP contribution in [0.5, 0.6) is 5.75 Å². The van der Waals surface area contributed by atoms with Gasteiger partial charge in [-0.1, -0.05) is 18.2 Å². The molecule has 2 amide bonds. The lowest BCUT2D eigenvalue weighted by Crippen LogP contribution is -2.65. The summed E-state index contributed by atoms with van der Waals surface area (Å²) in [4.78, 5) is 58.7. The number of amides is 2. The molecule has 0 bridgehead atoms. The Morgan fingerprint density at radius 3 is 2.33 bits per heavy atom. The second kappa shape index (κ2) is 12.0. The second-order valence-electron chi connectivity index (χ2n) is 12.8. The highest BCUT2D eigenvalue weighted by molar-refractivity contribution is 6.25. The molecular weight excluding hydrogens is 592 g/mol. The van der Waals surface area contributed by atoms with E-state index in [1.807, 2.05) is 25.1 Å². The fourth-order valence-electron chi connectivity index (χ4n) is 7.11. The molecule has 3 aliphatic rings. The van der Waals surface area contributed by atoms with Gasteiger partial charge in [0.25, 0.3) is 11.8 Å². The quantitative estimate of drug-likeness (QED) is 0.282. The summed E-state index contributed by atoms with van der Waals surface area (Å²) in [6, 6.07) is 8.97. The molecule has 244 valence electrons. The monoisotopic (exact) mass is 632 g/mol. The number of hydrogen-bond donors (Lipinski definition) is 5. The van der Waals surface area contributed by atoms with Crippen LogP contribution >= 0.6 is 0 Å². The fraction of sp³-hybridized carbons (Fsp3) is 0.412. The van der Waals surface area contributed by atoms with Gasteiger partial charge in [-0.05, 0) is 81.8 Å². The largest absolute Gasteiger partial charge is 0.508 e. The number of ketones is 2. The number of likely N-dealkylation sites (N-methyl/N-ethyl adjacent to an activating group) is 4. The summed E-state index contributed by atoms with van der Waals surface area (Å²) in [5.74, 6) is -6.61. The number of aliphatic hydroxyl groups is 3. The number of phenolic OH excluding ortho intramolecular Hbond substituents is 1. The van der Waals surface area contributed by atoms with Crippen LogP contribution in [0.1, 0.15) is 27.9 Å². The molecule has 0 aromatic heterocycles. The average molecular weight is 633 g/mol. The summed E-state index contributed by atoms with van der Waals surface area (Å²) in [6.07, 6.45) is 0.157. The highest BCUT2D eigenvalue weighted by Crippen LogP contribution is 2.53. The van der Waals surface area contributed by atoms with E-state index in [1.165, 1.54) is 18.0 Å². The zero-order chi connectivity index (χ0) is 33.8. The summed E-state index contributed by atoms with van der Waals surface area (Å²) >= 11 is 0. The van der Waals surface area contributed by atoms with E-state index < -0.39 is 58.0 Å². The number of benzene rings is 2. The fourth-order valence-corrected chi connectivity index (χ4v) is 7.11. The summed E-state index contributed by atoms with van der Waals surface area (Å²) in [6.45, 7) is 1.22. The van der Waals surface area contributed by atoms with Crippen LogP contribution in [0, 0.1) is 11.8 Å². The molecule has 0 heterocycles. The number of carbonyl (C=O) groups is 4. The maximum absolute atomic E-state index is 14.2. The Balaban J connectivity index is 1.63. The SMILES string of the molecule is CNC(=O)C1=C(O)[C@@]2(O)C(=O)C3=C(O)c4c(O)ccc(-c5cccc(C(=O)N(C)CCN(C)C)c5)c4CC3C[C@H]2[C@H](N(C)C)C1=O. The van der Waals surface area contributed by atoms with Crippen LogP contribution in [0.2, 0.25) is 0 Å². The van der Waals surface area contributed by atoms with Crippen LogP contribution in [-0.2, 0) is 20.8 Å². The Kier molecular flexibility index (Phi) is 8.58. The van der Waals surface area contributed by atoms with Crippen molar-refractivity contribution in [1.82, 2.24) is 20.0 Å². The Hall–Kier alpha value is -4.52. The number of nitrogens with zero attached hydrogens (tertiary/aromatic N) is 3. The average Bonchev–Trinajstić information content (AvgIpc) is 3.01. The van der Waals surface area contributed by atoms with Gasteiger partial charge in [0, 0.05) is 44.2 Å². The number of aliphatic hydroxyl groups excluding tert-OH is 2. The molecule has 5 rings (SSSR count). The van der Waals surface area contributed by atoms with E-state index in [0.717, 1.165) is 0 Å².